The molecule has 0 radical (unpaired) electrons. The molecule has 15 heavy (non-hydrogen) atoms. The van der Waals surface area contributed by atoms with Crippen LogP contribution in [0.5, 0.6) is 0 Å². The third kappa shape index (κ3) is 2.93. The summed E-state index contributed by atoms with van der Waals surface area (Å²) >= 11 is 0. The van der Waals surface area contributed by atoms with E-state index in [4.69, 9.17) is 4.42 Å². The third-order valence-electron chi connectivity index (χ3n) is 2.25. The van der Waals surface area contributed by atoms with Crippen LogP contribution in [-0.2, 0) is 6.42 Å². The molecule has 0 aliphatic rings. The van der Waals surface area contributed by atoms with Crippen molar-refractivity contribution in [1.29, 1.82) is 0 Å². The molecule has 1 aromatic rings. The molecular weight excluding hydrogens is 192 g/mol. The van der Waals surface area contributed by atoms with Gasteiger partial charge in [-0.15, -0.1) is 0 Å². The molecule has 1 aromatic heterocycles. The molecule has 0 bridgehead atoms. The van der Waals surface area contributed by atoms with Crippen LogP contribution in [0, 0.1) is 12.8 Å². The van der Waals surface area contributed by atoms with Crippen molar-refractivity contribution >= 4 is 0 Å². The number of hydrogen-bond acceptors (Lipinski definition) is 3. The summed E-state index contributed by atoms with van der Waals surface area (Å²) in [6, 6.07) is 1.81. The largest absolute Gasteiger partial charge is 0.425 e. The predicted molar refractivity (Wildman–Crippen MR) is 58.9 cm³/mol. The van der Waals surface area contributed by atoms with E-state index in [1.54, 1.807) is 6.92 Å². The van der Waals surface area contributed by atoms with Gasteiger partial charge in [-0.25, -0.2) is 4.79 Å². The molecule has 0 fully saturated rings. The fourth-order valence-electron chi connectivity index (χ4n) is 1.63. The molecule has 0 spiro atoms. The number of rotatable bonds is 3. The van der Waals surface area contributed by atoms with Gasteiger partial charge in [0.2, 0.25) is 0 Å². The molecule has 3 nitrogen and oxygen atoms in total. The molecular formula is C12H18O3. The average Bonchev–Trinajstić information content (AvgIpc) is 2.09. The highest BCUT2D eigenvalue weighted by atomic mass is 16.4. The highest BCUT2D eigenvalue weighted by molar-refractivity contribution is 5.22. The van der Waals surface area contributed by atoms with Crippen LogP contribution in [0.2, 0.25) is 0 Å². The van der Waals surface area contributed by atoms with Crippen LogP contribution in [0.1, 0.15) is 43.8 Å². The van der Waals surface area contributed by atoms with Crippen molar-refractivity contribution in [1.82, 2.24) is 0 Å². The van der Waals surface area contributed by atoms with Gasteiger partial charge in [-0.2, -0.15) is 0 Å². The van der Waals surface area contributed by atoms with E-state index in [1.807, 2.05) is 13.0 Å². The lowest BCUT2D eigenvalue weighted by Crippen LogP contribution is -2.13. The molecule has 0 saturated carbocycles. The first-order valence-electron chi connectivity index (χ1n) is 5.23. The van der Waals surface area contributed by atoms with E-state index in [9.17, 15) is 9.90 Å². The Kier molecular flexibility index (Phi) is 3.69. The van der Waals surface area contributed by atoms with Crippen molar-refractivity contribution in [2.24, 2.45) is 5.92 Å². The fourth-order valence-corrected chi connectivity index (χ4v) is 1.63. The van der Waals surface area contributed by atoms with Crippen LogP contribution in [0.3, 0.4) is 0 Å². The van der Waals surface area contributed by atoms with Gasteiger partial charge in [0.1, 0.15) is 11.9 Å². The minimum absolute atomic E-state index is 0.329. The van der Waals surface area contributed by atoms with E-state index in [0.717, 1.165) is 5.56 Å². The Balaban J connectivity index is 3.14. The highest BCUT2D eigenvalue weighted by Gasteiger charge is 2.12. The van der Waals surface area contributed by atoms with Crippen LogP contribution >= 0.6 is 0 Å². The van der Waals surface area contributed by atoms with E-state index < -0.39 is 6.10 Å². The SMILES string of the molecule is Cc1cc(CC(C)C)c(=O)oc1[C@H](C)O. The minimum atomic E-state index is -0.731. The Bertz CT molecular complexity index is 388. The summed E-state index contributed by atoms with van der Waals surface area (Å²) in [4.78, 5) is 11.6. The Hall–Kier alpha value is -1.09. The topological polar surface area (TPSA) is 50.4 Å². The van der Waals surface area contributed by atoms with Gasteiger partial charge in [0.25, 0.3) is 0 Å². The molecule has 84 valence electrons. The van der Waals surface area contributed by atoms with Gasteiger partial charge >= 0.3 is 5.63 Å². The van der Waals surface area contributed by atoms with Crippen molar-refractivity contribution < 1.29 is 9.52 Å². The summed E-state index contributed by atoms with van der Waals surface area (Å²) in [5.74, 6) is 0.789. The van der Waals surface area contributed by atoms with Gasteiger partial charge in [-0.1, -0.05) is 13.8 Å². The molecule has 3 heteroatoms. The molecule has 0 aliphatic carbocycles. The van der Waals surface area contributed by atoms with Gasteiger partial charge in [0, 0.05) is 5.56 Å². The molecule has 1 N–H and O–H groups in total. The average molecular weight is 210 g/mol. The van der Waals surface area contributed by atoms with Crippen LogP contribution in [0.15, 0.2) is 15.3 Å². The molecule has 1 rings (SSSR count). The van der Waals surface area contributed by atoms with Crippen molar-refractivity contribution in [3.05, 3.63) is 33.4 Å². The maximum absolute atomic E-state index is 11.6. The van der Waals surface area contributed by atoms with Gasteiger partial charge in [0.15, 0.2) is 0 Å². The van der Waals surface area contributed by atoms with E-state index in [0.29, 0.717) is 23.7 Å². The van der Waals surface area contributed by atoms with Crippen molar-refractivity contribution in [2.75, 3.05) is 0 Å². The Labute approximate surface area is 89.7 Å². The maximum Gasteiger partial charge on any atom is 0.339 e. The normalized spacial score (nSPS) is 13.2. The van der Waals surface area contributed by atoms with Crippen molar-refractivity contribution in [3.8, 4) is 0 Å². The van der Waals surface area contributed by atoms with Gasteiger partial charge in [0.05, 0.1) is 0 Å². The smallest absolute Gasteiger partial charge is 0.339 e. The molecule has 1 heterocycles. The minimum Gasteiger partial charge on any atom is -0.425 e. The standard InChI is InChI=1S/C12H18O3/c1-7(2)5-10-6-8(3)11(9(4)13)15-12(10)14/h6-7,9,13H,5H2,1-4H3/t9-/m0/s1. The lowest BCUT2D eigenvalue weighted by molar-refractivity contribution is 0.162. The van der Waals surface area contributed by atoms with E-state index in [1.165, 1.54) is 0 Å². The van der Waals surface area contributed by atoms with E-state index in [-0.39, 0.29) is 5.63 Å². The Morgan fingerprint density at radius 2 is 2.00 bits per heavy atom. The Morgan fingerprint density at radius 1 is 1.40 bits per heavy atom. The van der Waals surface area contributed by atoms with Gasteiger partial charge < -0.3 is 9.52 Å². The lowest BCUT2D eigenvalue weighted by atomic mass is 10.0. The van der Waals surface area contributed by atoms with Gasteiger partial charge in [-0.3, -0.25) is 0 Å². The zero-order valence-electron chi connectivity index (χ0n) is 9.70. The predicted octanol–water partition coefficient (Wildman–Crippen LogP) is 2.20. The third-order valence-corrected chi connectivity index (χ3v) is 2.25. The molecule has 0 aliphatic heterocycles. The second kappa shape index (κ2) is 4.62. The summed E-state index contributed by atoms with van der Waals surface area (Å²) in [7, 11) is 0. The monoisotopic (exact) mass is 210 g/mol. The second-order valence-corrected chi connectivity index (χ2v) is 4.38. The van der Waals surface area contributed by atoms with Crippen molar-refractivity contribution in [2.45, 2.75) is 40.2 Å². The van der Waals surface area contributed by atoms with Crippen LogP contribution in [0.25, 0.3) is 0 Å². The molecule has 0 unspecified atom stereocenters. The number of aliphatic hydroxyl groups excluding tert-OH is 1. The highest BCUT2D eigenvalue weighted by Crippen LogP contribution is 2.16. The summed E-state index contributed by atoms with van der Waals surface area (Å²) in [6.07, 6.45) is -0.0192. The fraction of sp³-hybridized carbons (Fsp3) is 0.583. The number of aryl methyl sites for hydroxylation is 1. The van der Waals surface area contributed by atoms with Crippen molar-refractivity contribution in [3.63, 3.8) is 0 Å². The van der Waals surface area contributed by atoms with Crippen LogP contribution < -0.4 is 5.63 Å². The summed E-state index contributed by atoms with van der Waals surface area (Å²) < 4.78 is 5.10. The molecule has 1 atom stereocenters. The zero-order chi connectivity index (χ0) is 11.6. The first-order chi connectivity index (χ1) is 6.91. The first kappa shape index (κ1) is 12.0. The maximum atomic E-state index is 11.6. The number of hydrogen-bond donors (Lipinski definition) is 1. The van der Waals surface area contributed by atoms with Gasteiger partial charge in [-0.05, 0) is 37.8 Å². The molecule has 0 amide bonds. The molecule has 0 aromatic carbocycles. The summed E-state index contributed by atoms with van der Waals surface area (Å²) in [5.41, 5.74) is 1.19. The molecule has 0 saturated heterocycles. The van der Waals surface area contributed by atoms with Crippen LogP contribution in [-0.4, -0.2) is 5.11 Å². The lowest BCUT2D eigenvalue weighted by Gasteiger charge is -2.09. The number of aliphatic hydroxyl groups is 1. The van der Waals surface area contributed by atoms with E-state index in [2.05, 4.69) is 13.8 Å². The first-order valence-corrected chi connectivity index (χ1v) is 5.23. The quantitative estimate of drug-likeness (QED) is 0.832. The Morgan fingerprint density at radius 3 is 2.47 bits per heavy atom. The summed E-state index contributed by atoms with van der Waals surface area (Å²) in [6.45, 7) is 7.54. The van der Waals surface area contributed by atoms with Crippen LogP contribution in [0.4, 0.5) is 0 Å². The zero-order valence-corrected chi connectivity index (χ0v) is 9.70. The van der Waals surface area contributed by atoms with E-state index >= 15 is 0 Å². The summed E-state index contributed by atoms with van der Waals surface area (Å²) in [5, 5.41) is 9.37. The second-order valence-electron chi connectivity index (χ2n) is 4.38.